The number of para-hydroxylation sites is 2. The number of furan rings is 1. The van der Waals surface area contributed by atoms with Crippen molar-refractivity contribution in [2.45, 2.75) is 79.4 Å². The van der Waals surface area contributed by atoms with Crippen molar-refractivity contribution in [3.63, 3.8) is 0 Å². The van der Waals surface area contributed by atoms with Gasteiger partial charge >= 0.3 is 0 Å². The number of nitrogens with zero attached hydrogens (tertiary/aromatic N) is 4. The summed E-state index contributed by atoms with van der Waals surface area (Å²) in [5.41, 5.74) is 11.3. The standard InChI is InChI=1S/C38H30N3O.C18H24NSi.Ir/c1-22(2)31-21-20-29-28-16-11-17-30(36(28)42-38(29)40-31)37-39-32-18-9-10-19-33(32)41(37)35-27-15-8-6-13-25(27)24-12-5-7-14-26(24)34(35)23(3)4;1-14(2)11-16-12-17(15-9-7-6-8-10-15)19-13-18(16)20(3,4)5;/h5-16,18-23H,1-4H3;6-9,12-14H,11H2,1-5H3;/q2*-1;. The molecular formula is C56H54IrN4OSi-2. The fraction of sp³-hybridized carbons (Fsp3) is 0.232. The molecule has 0 unspecified atom stereocenters. The topological polar surface area (TPSA) is 56.7 Å². The Bertz CT molecular complexity index is 3250. The van der Waals surface area contributed by atoms with Crippen LogP contribution in [0.5, 0.6) is 0 Å². The maximum absolute atomic E-state index is 6.56. The van der Waals surface area contributed by atoms with Gasteiger partial charge in [0.25, 0.3) is 0 Å². The molecule has 0 aliphatic rings. The Labute approximate surface area is 386 Å². The fourth-order valence-corrected chi connectivity index (χ4v) is 10.6. The van der Waals surface area contributed by atoms with Crippen LogP contribution in [0, 0.1) is 18.1 Å². The van der Waals surface area contributed by atoms with E-state index in [-0.39, 0.29) is 26.0 Å². The van der Waals surface area contributed by atoms with Gasteiger partial charge < -0.3 is 14.0 Å². The molecule has 0 atom stereocenters. The van der Waals surface area contributed by atoms with Crippen LogP contribution in [-0.2, 0) is 26.5 Å². The Morgan fingerprint density at radius 2 is 1.33 bits per heavy atom. The van der Waals surface area contributed by atoms with Crippen LogP contribution in [0.2, 0.25) is 19.6 Å². The van der Waals surface area contributed by atoms with Crippen molar-refractivity contribution >= 4 is 67.9 Å². The molecule has 6 aromatic carbocycles. The van der Waals surface area contributed by atoms with E-state index in [1.165, 1.54) is 37.9 Å². The van der Waals surface area contributed by atoms with Crippen LogP contribution < -0.4 is 5.19 Å². The zero-order valence-corrected chi connectivity index (χ0v) is 41.1. The van der Waals surface area contributed by atoms with Gasteiger partial charge in [0, 0.05) is 42.8 Å². The number of pyridine rings is 2. The van der Waals surface area contributed by atoms with E-state index in [0.717, 1.165) is 67.8 Å². The van der Waals surface area contributed by atoms with Crippen LogP contribution >= 0.6 is 0 Å². The molecule has 0 saturated carbocycles. The molecule has 319 valence electrons. The van der Waals surface area contributed by atoms with E-state index in [9.17, 15) is 0 Å². The van der Waals surface area contributed by atoms with Crippen molar-refractivity contribution in [3.8, 4) is 28.3 Å². The van der Waals surface area contributed by atoms with Crippen molar-refractivity contribution in [1.29, 1.82) is 0 Å². The maximum Gasteiger partial charge on any atom is 0.216 e. The minimum atomic E-state index is -1.34. The first-order valence-electron chi connectivity index (χ1n) is 22.0. The molecule has 4 aromatic heterocycles. The molecule has 0 bridgehead atoms. The van der Waals surface area contributed by atoms with Crippen LogP contribution in [-0.4, -0.2) is 27.6 Å². The summed E-state index contributed by atoms with van der Waals surface area (Å²) in [7, 11) is -1.34. The average molecular weight is 1020 g/mol. The van der Waals surface area contributed by atoms with Gasteiger partial charge in [-0.1, -0.05) is 144 Å². The van der Waals surface area contributed by atoms with Crippen LogP contribution in [0.1, 0.15) is 70.2 Å². The minimum absolute atomic E-state index is 0. The van der Waals surface area contributed by atoms with Gasteiger partial charge in [-0.15, -0.1) is 54.1 Å². The molecule has 5 nitrogen and oxygen atoms in total. The van der Waals surface area contributed by atoms with Gasteiger partial charge in [-0.3, -0.25) is 4.98 Å². The molecular weight excluding hydrogens is 965 g/mol. The van der Waals surface area contributed by atoms with E-state index in [1.54, 1.807) is 0 Å². The minimum Gasteiger partial charge on any atom is -0.486 e. The molecule has 0 saturated heterocycles. The number of aromatic nitrogens is 4. The zero-order valence-electron chi connectivity index (χ0n) is 37.7. The van der Waals surface area contributed by atoms with E-state index in [2.05, 4.69) is 186 Å². The van der Waals surface area contributed by atoms with Gasteiger partial charge in [-0.25, -0.2) is 4.98 Å². The van der Waals surface area contributed by atoms with Crippen LogP contribution in [0.15, 0.2) is 138 Å². The fourth-order valence-electron chi connectivity index (χ4n) is 9.00. The number of fused-ring (bicyclic) bond motifs is 7. The maximum atomic E-state index is 6.56. The third-order valence-corrected chi connectivity index (χ3v) is 13.9. The predicted octanol–water partition coefficient (Wildman–Crippen LogP) is 14.6. The van der Waals surface area contributed by atoms with Crippen LogP contribution in [0.4, 0.5) is 0 Å². The first-order chi connectivity index (χ1) is 29.9. The van der Waals surface area contributed by atoms with E-state index < -0.39 is 8.07 Å². The number of imidazole rings is 1. The monoisotopic (exact) mass is 1020 g/mol. The van der Waals surface area contributed by atoms with Gasteiger partial charge in [0.05, 0.1) is 36.2 Å². The van der Waals surface area contributed by atoms with E-state index in [1.807, 2.05) is 30.3 Å². The summed E-state index contributed by atoms with van der Waals surface area (Å²) in [6.45, 7) is 20.6. The normalized spacial score (nSPS) is 11.9. The SMILES string of the molecule is CC(C)Cc1cc(-c2[c-]cccc2)ncc1[Si](C)(C)C.CC(C)c1ccc2c(n1)oc1c(-c3nc4ccccc4n3-c3c(C(C)C)c4ccccc4c4ccccc34)[c-]ccc12.[Ir]. The molecule has 0 aliphatic heterocycles. The van der Waals surface area contributed by atoms with Gasteiger partial charge in [0.1, 0.15) is 0 Å². The Morgan fingerprint density at radius 3 is 2.02 bits per heavy atom. The Morgan fingerprint density at radius 1 is 0.651 bits per heavy atom. The van der Waals surface area contributed by atoms with Crippen LogP contribution in [0.25, 0.3) is 83.0 Å². The molecule has 7 heteroatoms. The summed E-state index contributed by atoms with van der Waals surface area (Å²) in [5, 5.41) is 8.48. The number of hydrogen-bond donors (Lipinski definition) is 0. The quantitative estimate of drug-likeness (QED) is 0.0864. The third-order valence-electron chi connectivity index (χ3n) is 11.9. The second-order valence-corrected chi connectivity index (χ2v) is 23.6. The first-order valence-corrected chi connectivity index (χ1v) is 25.5. The smallest absolute Gasteiger partial charge is 0.216 e. The molecule has 63 heavy (non-hydrogen) atoms. The van der Waals surface area contributed by atoms with Gasteiger partial charge in [-0.05, 0) is 81.0 Å². The van der Waals surface area contributed by atoms with E-state index >= 15 is 0 Å². The molecule has 0 amide bonds. The first kappa shape index (κ1) is 43.9. The Balaban J connectivity index is 0.000000219. The molecule has 10 aromatic rings. The average Bonchev–Trinajstić information content (AvgIpc) is 3.84. The third kappa shape index (κ3) is 8.31. The predicted molar refractivity (Wildman–Crippen MR) is 264 cm³/mol. The molecule has 0 N–H and O–H groups in total. The summed E-state index contributed by atoms with van der Waals surface area (Å²) in [4.78, 5) is 14.8. The van der Waals surface area contributed by atoms with Gasteiger partial charge in [-0.2, -0.15) is 0 Å². The van der Waals surface area contributed by atoms with E-state index in [0.29, 0.717) is 17.5 Å². The zero-order chi connectivity index (χ0) is 43.3. The summed E-state index contributed by atoms with van der Waals surface area (Å²) in [5.74, 6) is 2.06. The summed E-state index contributed by atoms with van der Waals surface area (Å²) in [6.07, 6.45) is 3.24. The van der Waals surface area contributed by atoms with Crippen molar-refractivity contribution in [3.05, 3.63) is 163 Å². The molecule has 0 aliphatic carbocycles. The second kappa shape index (κ2) is 17.8. The molecule has 1 radical (unpaired) electrons. The van der Waals surface area contributed by atoms with Crippen molar-refractivity contribution in [1.82, 2.24) is 19.5 Å². The largest absolute Gasteiger partial charge is 0.486 e. The van der Waals surface area contributed by atoms with Crippen LogP contribution in [0.3, 0.4) is 0 Å². The van der Waals surface area contributed by atoms with Crippen molar-refractivity contribution < 1.29 is 24.5 Å². The van der Waals surface area contributed by atoms with Crippen molar-refractivity contribution in [2.24, 2.45) is 5.92 Å². The van der Waals surface area contributed by atoms with E-state index in [4.69, 9.17) is 14.4 Å². The van der Waals surface area contributed by atoms with Gasteiger partial charge in [0.15, 0.2) is 0 Å². The Hall–Kier alpha value is -5.72. The summed E-state index contributed by atoms with van der Waals surface area (Å²) in [6, 6.07) is 51.3. The van der Waals surface area contributed by atoms with Crippen molar-refractivity contribution in [2.75, 3.05) is 0 Å². The molecule has 10 rings (SSSR count). The summed E-state index contributed by atoms with van der Waals surface area (Å²) < 4.78 is 8.89. The number of benzene rings is 6. The van der Waals surface area contributed by atoms with Gasteiger partial charge in [0.2, 0.25) is 5.71 Å². The second-order valence-electron chi connectivity index (χ2n) is 18.6. The molecule has 0 fully saturated rings. The summed E-state index contributed by atoms with van der Waals surface area (Å²) >= 11 is 0. The number of hydrogen-bond acceptors (Lipinski definition) is 4. The number of rotatable bonds is 8. The Kier molecular flexibility index (Phi) is 12.4. The molecule has 4 heterocycles. The molecule has 0 spiro atoms.